The second kappa shape index (κ2) is 9.54. The smallest absolute Gasteiger partial charge is 0.368 e. The van der Waals surface area contributed by atoms with Gasteiger partial charge >= 0.3 is 6.18 Å². The summed E-state index contributed by atoms with van der Waals surface area (Å²) < 4.78 is 46.3. The second-order valence-electron chi connectivity index (χ2n) is 7.37. The molecule has 1 aliphatic heterocycles. The highest BCUT2D eigenvalue weighted by Crippen LogP contribution is 2.37. The fourth-order valence-electron chi connectivity index (χ4n) is 3.39. The Morgan fingerprint density at radius 3 is 2.45 bits per heavy atom. The Bertz CT molecular complexity index is 1170. The number of anilines is 2. The number of amides is 2. The van der Waals surface area contributed by atoms with Crippen LogP contribution in [0.5, 0.6) is 0 Å². The van der Waals surface area contributed by atoms with Crippen LogP contribution in [0, 0.1) is 0 Å². The Morgan fingerprint density at radius 2 is 1.79 bits per heavy atom. The summed E-state index contributed by atoms with van der Waals surface area (Å²) in [5, 5.41) is 5.36. The highest BCUT2D eigenvalue weighted by atomic mass is 35.5. The van der Waals surface area contributed by atoms with Crippen molar-refractivity contribution in [1.82, 2.24) is 0 Å². The lowest BCUT2D eigenvalue weighted by Gasteiger charge is -2.16. The van der Waals surface area contributed by atoms with Crippen molar-refractivity contribution in [1.29, 1.82) is 0 Å². The molecule has 172 valence electrons. The van der Waals surface area contributed by atoms with Crippen molar-refractivity contribution in [2.75, 3.05) is 17.2 Å². The number of hydrogen-bond donors (Lipinski definition) is 2. The van der Waals surface area contributed by atoms with E-state index in [-0.39, 0.29) is 10.6 Å². The molecule has 0 radical (unpaired) electrons. The number of halogens is 4. The average Bonchev–Trinajstić information content (AvgIpc) is 3.47. The molecule has 0 aliphatic carbocycles. The number of alkyl halides is 3. The minimum atomic E-state index is -4.74. The standard InChI is InChI=1S/C23H18ClF3N2O3S/c24-14-5-3-13(4-6-14)19-9-10-20(33-19)22(31)29-17-8-7-15(12-16(17)23(25,26)27)28-21(30)18-2-1-11-32-18/h3-10,12,18H,1-2,11H2,(H,28,30)(H,29,31). The number of hydrogen-bond acceptors (Lipinski definition) is 4. The fraction of sp³-hybridized carbons (Fsp3) is 0.217. The molecule has 1 saturated heterocycles. The quantitative estimate of drug-likeness (QED) is 0.428. The molecular weight excluding hydrogens is 477 g/mol. The third kappa shape index (κ3) is 5.55. The molecule has 1 atom stereocenters. The zero-order valence-electron chi connectivity index (χ0n) is 17.0. The third-order valence-electron chi connectivity index (χ3n) is 5.02. The number of ether oxygens (including phenoxy) is 1. The van der Waals surface area contributed by atoms with Crippen LogP contribution in [-0.2, 0) is 15.7 Å². The zero-order chi connectivity index (χ0) is 23.6. The monoisotopic (exact) mass is 494 g/mol. The van der Waals surface area contributed by atoms with Gasteiger partial charge in [0.1, 0.15) is 6.10 Å². The molecule has 1 aromatic heterocycles. The number of rotatable bonds is 5. The van der Waals surface area contributed by atoms with E-state index >= 15 is 0 Å². The van der Waals surface area contributed by atoms with Gasteiger partial charge in [-0.2, -0.15) is 13.2 Å². The lowest BCUT2D eigenvalue weighted by molar-refractivity contribution is -0.137. The zero-order valence-corrected chi connectivity index (χ0v) is 18.6. The maximum atomic E-state index is 13.7. The van der Waals surface area contributed by atoms with Crippen molar-refractivity contribution in [3.63, 3.8) is 0 Å². The van der Waals surface area contributed by atoms with Crippen molar-refractivity contribution in [2.24, 2.45) is 0 Å². The summed E-state index contributed by atoms with van der Waals surface area (Å²) in [5.41, 5.74) is -0.646. The third-order valence-corrected chi connectivity index (χ3v) is 6.41. The Balaban J connectivity index is 1.52. The normalized spacial score (nSPS) is 15.9. The molecule has 2 N–H and O–H groups in total. The van der Waals surface area contributed by atoms with E-state index < -0.39 is 35.3 Å². The molecule has 0 bridgehead atoms. The maximum Gasteiger partial charge on any atom is 0.418 e. The van der Waals surface area contributed by atoms with Crippen LogP contribution in [0.4, 0.5) is 24.5 Å². The van der Waals surface area contributed by atoms with E-state index in [9.17, 15) is 22.8 Å². The summed E-state index contributed by atoms with van der Waals surface area (Å²) in [5.74, 6) is -1.16. The predicted octanol–water partition coefficient (Wildman–Crippen LogP) is 6.46. The Labute approximate surface area is 196 Å². The van der Waals surface area contributed by atoms with Crippen LogP contribution >= 0.6 is 22.9 Å². The van der Waals surface area contributed by atoms with Crippen LogP contribution in [0.25, 0.3) is 10.4 Å². The Morgan fingerprint density at radius 1 is 1.03 bits per heavy atom. The Hall–Kier alpha value is -2.88. The first kappa shape index (κ1) is 23.3. The lowest BCUT2D eigenvalue weighted by Crippen LogP contribution is -2.27. The van der Waals surface area contributed by atoms with Crippen molar-refractivity contribution >= 4 is 46.1 Å². The fourth-order valence-corrected chi connectivity index (χ4v) is 4.42. The summed E-state index contributed by atoms with van der Waals surface area (Å²) in [6.45, 7) is 0.444. The number of carbonyl (C=O) groups excluding carboxylic acids is 2. The van der Waals surface area contributed by atoms with Gasteiger partial charge in [-0.25, -0.2) is 0 Å². The van der Waals surface area contributed by atoms with Crippen molar-refractivity contribution < 1.29 is 27.5 Å². The molecule has 1 aliphatic rings. The van der Waals surface area contributed by atoms with Crippen molar-refractivity contribution in [2.45, 2.75) is 25.1 Å². The van der Waals surface area contributed by atoms with Gasteiger partial charge in [0.15, 0.2) is 0 Å². The van der Waals surface area contributed by atoms with Gasteiger partial charge in [0, 0.05) is 22.2 Å². The number of benzene rings is 2. The number of thiophene rings is 1. The molecule has 2 amide bonds. The first-order valence-corrected chi connectivity index (χ1v) is 11.2. The van der Waals surface area contributed by atoms with E-state index in [4.69, 9.17) is 16.3 Å². The van der Waals surface area contributed by atoms with Crippen LogP contribution in [0.3, 0.4) is 0 Å². The summed E-state index contributed by atoms with van der Waals surface area (Å²) in [6, 6.07) is 13.5. The van der Waals surface area contributed by atoms with E-state index in [2.05, 4.69) is 10.6 Å². The van der Waals surface area contributed by atoms with Gasteiger partial charge in [0.2, 0.25) is 0 Å². The largest absolute Gasteiger partial charge is 0.418 e. The van der Waals surface area contributed by atoms with Crippen molar-refractivity contribution in [3.8, 4) is 10.4 Å². The van der Waals surface area contributed by atoms with Gasteiger partial charge in [-0.15, -0.1) is 11.3 Å². The molecule has 5 nitrogen and oxygen atoms in total. The van der Waals surface area contributed by atoms with Crippen LogP contribution in [0.2, 0.25) is 5.02 Å². The topological polar surface area (TPSA) is 67.4 Å². The van der Waals surface area contributed by atoms with Crippen molar-refractivity contribution in [3.05, 3.63) is 70.1 Å². The summed E-state index contributed by atoms with van der Waals surface area (Å²) in [4.78, 5) is 25.9. The molecule has 4 rings (SSSR count). The molecule has 33 heavy (non-hydrogen) atoms. The minimum absolute atomic E-state index is 0.0260. The highest BCUT2D eigenvalue weighted by Gasteiger charge is 2.35. The maximum absolute atomic E-state index is 13.7. The van der Waals surface area contributed by atoms with Gasteiger partial charge in [-0.05, 0) is 60.9 Å². The average molecular weight is 495 g/mol. The van der Waals surface area contributed by atoms with E-state index in [1.807, 2.05) is 0 Å². The van der Waals surface area contributed by atoms with E-state index in [1.165, 1.54) is 6.07 Å². The number of carbonyl (C=O) groups is 2. The van der Waals surface area contributed by atoms with Gasteiger partial charge in [0.25, 0.3) is 11.8 Å². The van der Waals surface area contributed by atoms with Crippen LogP contribution in [-0.4, -0.2) is 24.5 Å². The molecule has 1 unspecified atom stereocenters. The highest BCUT2D eigenvalue weighted by molar-refractivity contribution is 7.17. The molecular formula is C23H18ClF3N2O3S. The Kier molecular flexibility index (Phi) is 6.73. The molecule has 2 aromatic carbocycles. The SMILES string of the molecule is O=C(Nc1ccc(NC(=O)C2CCCO2)cc1C(F)(F)F)c1ccc(-c2ccc(Cl)cc2)s1. The molecule has 2 heterocycles. The van der Waals surface area contributed by atoms with E-state index in [0.29, 0.717) is 18.1 Å². The molecule has 3 aromatic rings. The van der Waals surface area contributed by atoms with E-state index in [0.717, 1.165) is 40.3 Å². The number of nitrogens with one attached hydrogen (secondary N) is 2. The van der Waals surface area contributed by atoms with Gasteiger partial charge in [0.05, 0.1) is 16.1 Å². The minimum Gasteiger partial charge on any atom is -0.368 e. The second-order valence-corrected chi connectivity index (χ2v) is 8.89. The van der Waals surface area contributed by atoms with E-state index in [1.54, 1.807) is 36.4 Å². The first-order chi connectivity index (χ1) is 15.7. The van der Waals surface area contributed by atoms with Gasteiger partial charge in [-0.3, -0.25) is 9.59 Å². The molecule has 10 heteroatoms. The summed E-state index contributed by atoms with van der Waals surface area (Å²) in [6.07, 6.45) is -4.17. The molecule has 0 saturated carbocycles. The summed E-state index contributed by atoms with van der Waals surface area (Å²) in [7, 11) is 0. The van der Waals surface area contributed by atoms with Crippen LogP contribution < -0.4 is 10.6 Å². The van der Waals surface area contributed by atoms with Gasteiger partial charge in [-0.1, -0.05) is 23.7 Å². The molecule has 0 spiro atoms. The lowest BCUT2D eigenvalue weighted by atomic mass is 10.1. The van der Waals surface area contributed by atoms with Gasteiger partial charge < -0.3 is 15.4 Å². The predicted molar refractivity (Wildman–Crippen MR) is 122 cm³/mol. The summed E-state index contributed by atoms with van der Waals surface area (Å²) >= 11 is 7.04. The molecule has 1 fully saturated rings. The van der Waals surface area contributed by atoms with Crippen LogP contribution in [0.1, 0.15) is 28.1 Å². The van der Waals surface area contributed by atoms with Crippen LogP contribution in [0.15, 0.2) is 54.6 Å². The first-order valence-electron chi connectivity index (χ1n) is 10.0.